The molecule has 1 atom stereocenters. The highest BCUT2D eigenvalue weighted by molar-refractivity contribution is 5.94. The molecule has 0 saturated carbocycles. The number of carbonyl (C=O) groups excluding carboxylic acids is 1. The minimum atomic E-state index is -1.10. The second-order valence-corrected chi connectivity index (χ2v) is 5.94. The van der Waals surface area contributed by atoms with Gasteiger partial charge in [0.15, 0.2) is 5.69 Å². The summed E-state index contributed by atoms with van der Waals surface area (Å²) in [6.07, 6.45) is 1.66. The fourth-order valence-electron chi connectivity index (χ4n) is 2.47. The standard InChI is InChI=1S/C19H18N4O3/c1-13-7-9-15(10-8-13)23-12-17(21-22-23)18(24)20-16(19(25)26)11-14-5-3-2-4-6-14/h2-10,12,16H,11H2,1H3,(H,20,24)(H,25,26)/t16-/m1/s1. The Balaban J connectivity index is 1.72. The minimum absolute atomic E-state index is 0.0601. The van der Waals surface area contributed by atoms with Gasteiger partial charge in [-0.15, -0.1) is 5.10 Å². The van der Waals surface area contributed by atoms with Crippen molar-refractivity contribution < 1.29 is 14.7 Å². The van der Waals surface area contributed by atoms with Gasteiger partial charge in [0.25, 0.3) is 5.91 Å². The summed E-state index contributed by atoms with van der Waals surface area (Å²) >= 11 is 0. The van der Waals surface area contributed by atoms with Crippen LogP contribution in [0.25, 0.3) is 5.69 Å². The number of carboxylic acid groups (broad SMARTS) is 1. The van der Waals surface area contributed by atoms with Crippen LogP contribution < -0.4 is 5.32 Å². The average molecular weight is 350 g/mol. The molecule has 0 aliphatic carbocycles. The number of aliphatic carboxylic acids is 1. The molecule has 132 valence electrons. The molecule has 26 heavy (non-hydrogen) atoms. The molecule has 0 bridgehead atoms. The molecule has 2 N–H and O–H groups in total. The second-order valence-electron chi connectivity index (χ2n) is 5.94. The summed E-state index contributed by atoms with van der Waals surface area (Å²) in [7, 11) is 0. The van der Waals surface area contributed by atoms with Crippen LogP contribution in [0.2, 0.25) is 0 Å². The van der Waals surface area contributed by atoms with Crippen LogP contribution in [0.1, 0.15) is 21.6 Å². The maximum Gasteiger partial charge on any atom is 0.326 e. The molecule has 0 fully saturated rings. The zero-order chi connectivity index (χ0) is 18.5. The Morgan fingerprint density at radius 1 is 1.12 bits per heavy atom. The first-order valence-corrected chi connectivity index (χ1v) is 8.10. The second kappa shape index (κ2) is 7.60. The molecule has 1 aromatic heterocycles. The Morgan fingerprint density at radius 2 is 1.81 bits per heavy atom. The zero-order valence-corrected chi connectivity index (χ0v) is 14.2. The Kier molecular flexibility index (Phi) is 5.07. The summed E-state index contributed by atoms with van der Waals surface area (Å²) < 4.78 is 1.47. The predicted octanol–water partition coefficient (Wildman–Crippen LogP) is 2.00. The van der Waals surface area contributed by atoms with Gasteiger partial charge in [-0.05, 0) is 24.6 Å². The normalized spacial score (nSPS) is 11.7. The fraction of sp³-hybridized carbons (Fsp3) is 0.158. The molecular weight excluding hydrogens is 332 g/mol. The van der Waals surface area contributed by atoms with Crippen LogP contribution in [0.4, 0.5) is 0 Å². The van der Waals surface area contributed by atoms with Gasteiger partial charge in [0.05, 0.1) is 11.9 Å². The molecule has 3 rings (SSSR count). The van der Waals surface area contributed by atoms with Gasteiger partial charge in [-0.3, -0.25) is 4.79 Å². The third-order valence-corrected chi connectivity index (χ3v) is 3.91. The van der Waals surface area contributed by atoms with E-state index < -0.39 is 17.9 Å². The van der Waals surface area contributed by atoms with Gasteiger partial charge in [0.1, 0.15) is 6.04 Å². The summed E-state index contributed by atoms with van der Waals surface area (Å²) in [5, 5.41) is 19.7. The molecule has 2 aromatic carbocycles. The number of aromatic nitrogens is 3. The van der Waals surface area contributed by atoms with Crippen molar-refractivity contribution in [3.8, 4) is 5.69 Å². The van der Waals surface area contributed by atoms with Crippen molar-refractivity contribution in [1.29, 1.82) is 0 Å². The smallest absolute Gasteiger partial charge is 0.326 e. The van der Waals surface area contributed by atoms with Crippen molar-refractivity contribution in [2.45, 2.75) is 19.4 Å². The van der Waals surface area contributed by atoms with E-state index >= 15 is 0 Å². The van der Waals surface area contributed by atoms with Crippen molar-refractivity contribution >= 4 is 11.9 Å². The number of carbonyl (C=O) groups is 2. The van der Waals surface area contributed by atoms with Gasteiger partial charge in [-0.25, -0.2) is 9.48 Å². The van der Waals surface area contributed by atoms with E-state index in [0.717, 1.165) is 16.8 Å². The molecule has 1 amide bonds. The van der Waals surface area contributed by atoms with Gasteiger partial charge in [0.2, 0.25) is 0 Å². The van der Waals surface area contributed by atoms with Crippen molar-refractivity contribution in [2.24, 2.45) is 0 Å². The number of amides is 1. The lowest BCUT2D eigenvalue weighted by Crippen LogP contribution is -2.42. The topological polar surface area (TPSA) is 97.1 Å². The lowest BCUT2D eigenvalue weighted by molar-refractivity contribution is -0.139. The minimum Gasteiger partial charge on any atom is -0.480 e. The predicted molar refractivity (Wildman–Crippen MR) is 95.1 cm³/mol. The van der Waals surface area contributed by atoms with Crippen molar-refractivity contribution in [3.63, 3.8) is 0 Å². The van der Waals surface area contributed by atoms with Crippen LogP contribution in [0, 0.1) is 6.92 Å². The molecule has 7 nitrogen and oxygen atoms in total. The van der Waals surface area contributed by atoms with E-state index in [9.17, 15) is 14.7 Å². The van der Waals surface area contributed by atoms with E-state index in [1.165, 1.54) is 10.9 Å². The highest BCUT2D eigenvalue weighted by atomic mass is 16.4. The molecule has 0 spiro atoms. The quantitative estimate of drug-likeness (QED) is 0.709. The number of nitrogens with one attached hydrogen (secondary N) is 1. The lowest BCUT2D eigenvalue weighted by atomic mass is 10.1. The van der Waals surface area contributed by atoms with Crippen molar-refractivity contribution in [2.75, 3.05) is 0 Å². The summed E-state index contributed by atoms with van der Waals surface area (Å²) in [4.78, 5) is 23.8. The Labute approximate surface area is 150 Å². The number of hydrogen-bond acceptors (Lipinski definition) is 4. The highest BCUT2D eigenvalue weighted by Gasteiger charge is 2.22. The third-order valence-electron chi connectivity index (χ3n) is 3.91. The summed E-state index contributed by atoms with van der Waals surface area (Å²) in [6, 6.07) is 15.7. The van der Waals surface area contributed by atoms with Crippen LogP contribution >= 0.6 is 0 Å². The monoisotopic (exact) mass is 350 g/mol. The molecular formula is C19H18N4O3. The molecule has 0 saturated heterocycles. The Morgan fingerprint density at radius 3 is 2.46 bits per heavy atom. The van der Waals surface area contributed by atoms with E-state index in [-0.39, 0.29) is 12.1 Å². The third kappa shape index (κ3) is 4.13. The molecule has 0 aliphatic heterocycles. The first-order valence-electron chi connectivity index (χ1n) is 8.10. The number of nitrogens with zero attached hydrogens (tertiary/aromatic N) is 3. The largest absolute Gasteiger partial charge is 0.480 e. The first kappa shape index (κ1) is 17.3. The number of carboxylic acids is 1. The lowest BCUT2D eigenvalue weighted by Gasteiger charge is -2.13. The van der Waals surface area contributed by atoms with E-state index in [1.807, 2.05) is 61.5 Å². The van der Waals surface area contributed by atoms with Crippen LogP contribution in [0.5, 0.6) is 0 Å². The van der Waals surface area contributed by atoms with Gasteiger partial charge in [-0.2, -0.15) is 0 Å². The van der Waals surface area contributed by atoms with Crippen LogP contribution in [-0.2, 0) is 11.2 Å². The van der Waals surface area contributed by atoms with E-state index in [1.54, 1.807) is 0 Å². The van der Waals surface area contributed by atoms with E-state index in [4.69, 9.17) is 0 Å². The zero-order valence-electron chi connectivity index (χ0n) is 14.2. The molecule has 3 aromatic rings. The molecule has 7 heteroatoms. The summed E-state index contributed by atoms with van der Waals surface area (Å²) in [5.74, 6) is -1.68. The van der Waals surface area contributed by atoms with Gasteiger partial charge < -0.3 is 10.4 Å². The van der Waals surface area contributed by atoms with Gasteiger partial charge in [-0.1, -0.05) is 53.2 Å². The van der Waals surface area contributed by atoms with Crippen molar-refractivity contribution in [1.82, 2.24) is 20.3 Å². The fourth-order valence-corrected chi connectivity index (χ4v) is 2.47. The average Bonchev–Trinajstić information content (AvgIpc) is 3.13. The maximum atomic E-state index is 12.4. The van der Waals surface area contributed by atoms with Crippen LogP contribution in [0.15, 0.2) is 60.8 Å². The molecule has 0 aliphatic rings. The summed E-state index contributed by atoms with van der Waals surface area (Å²) in [6.45, 7) is 1.97. The Bertz CT molecular complexity index is 904. The number of benzene rings is 2. The number of hydrogen-bond donors (Lipinski definition) is 2. The van der Waals surface area contributed by atoms with Gasteiger partial charge >= 0.3 is 5.97 Å². The first-order chi connectivity index (χ1) is 12.5. The molecule has 0 radical (unpaired) electrons. The van der Waals surface area contributed by atoms with E-state index in [0.29, 0.717) is 0 Å². The van der Waals surface area contributed by atoms with Crippen molar-refractivity contribution in [3.05, 3.63) is 77.6 Å². The van der Waals surface area contributed by atoms with Crippen LogP contribution in [0.3, 0.4) is 0 Å². The number of rotatable bonds is 6. The molecule has 1 heterocycles. The van der Waals surface area contributed by atoms with Crippen LogP contribution in [-0.4, -0.2) is 38.0 Å². The van der Waals surface area contributed by atoms with E-state index in [2.05, 4.69) is 15.6 Å². The summed E-state index contributed by atoms with van der Waals surface area (Å²) in [5.41, 5.74) is 2.76. The Hall–Kier alpha value is -3.48. The maximum absolute atomic E-state index is 12.4. The number of aryl methyl sites for hydroxylation is 1. The SMILES string of the molecule is Cc1ccc(-n2cc(C(=O)N[C@H](Cc3ccccc3)C(=O)O)nn2)cc1. The highest BCUT2D eigenvalue weighted by Crippen LogP contribution is 2.09. The van der Waals surface area contributed by atoms with Gasteiger partial charge in [0, 0.05) is 6.42 Å². The molecule has 0 unspecified atom stereocenters.